The van der Waals surface area contributed by atoms with Crippen LogP contribution in [0.2, 0.25) is 0 Å². The fraction of sp³-hybridized carbons (Fsp3) is 0.269. The molecule has 0 saturated heterocycles. The number of methoxy groups -OCH3 is 1. The quantitative estimate of drug-likeness (QED) is 0.440. The molecule has 2 heterocycles. The number of carbonyl (C=O) groups is 1. The van der Waals surface area contributed by atoms with Crippen LogP contribution in [0.5, 0.6) is 0 Å². The minimum absolute atomic E-state index is 0.000473. The number of hydrogen-bond donors (Lipinski definition) is 1. The van der Waals surface area contributed by atoms with Crippen LogP contribution in [-0.4, -0.2) is 33.7 Å². The van der Waals surface area contributed by atoms with E-state index in [4.69, 9.17) is 4.74 Å². The average molecular weight is 445 g/mol. The minimum atomic E-state index is -0.212. The van der Waals surface area contributed by atoms with Gasteiger partial charge in [-0.1, -0.05) is 56.3 Å². The average Bonchev–Trinajstić information content (AvgIpc) is 3.18. The van der Waals surface area contributed by atoms with Gasteiger partial charge in [-0.3, -0.25) is 14.2 Å². The van der Waals surface area contributed by atoms with E-state index in [9.17, 15) is 9.59 Å². The SMILES string of the molecule is COCCn1cnc2c(-c3ccccc3)cn(CC(=O)Nc3ccc(C(C)C)cc3)c2c1=O. The summed E-state index contributed by atoms with van der Waals surface area (Å²) in [7, 11) is 1.59. The lowest BCUT2D eigenvalue weighted by atomic mass is 10.0. The molecule has 0 fully saturated rings. The standard InChI is InChI=1S/C26H28N4O3/c1-18(2)19-9-11-21(12-10-19)28-23(31)16-30-15-22(20-7-5-4-6-8-20)24-25(30)26(32)29(17-27-24)13-14-33-3/h4-12,15,17-18H,13-14,16H2,1-3H3,(H,28,31). The van der Waals surface area contributed by atoms with Crippen LogP contribution in [0, 0.1) is 0 Å². The Morgan fingerprint density at radius 1 is 1.06 bits per heavy atom. The molecule has 33 heavy (non-hydrogen) atoms. The molecule has 7 nitrogen and oxygen atoms in total. The molecule has 0 aliphatic rings. The zero-order valence-electron chi connectivity index (χ0n) is 19.1. The van der Waals surface area contributed by atoms with E-state index in [0.717, 1.165) is 16.8 Å². The summed E-state index contributed by atoms with van der Waals surface area (Å²) in [6.07, 6.45) is 3.37. The number of nitrogens with zero attached hydrogens (tertiary/aromatic N) is 3. The molecule has 0 radical (unpaired) electrons. The first kappa shape index (κ1) is 22.5. The predicted molar refractivity (Wildman–Crippen MR) is 130 cm³/mol. The Morgan fingerprint density at radius 3 is 2.45 bits per heavy atom. The molecule has 0 spiro atoms. The van der Waals surface area contributed by atoms with Crippen LogP contribution in [0.1, 0.15) is 25.3 Å². The Morgan fingerprint density at radius 2 is 1.79 bits per heavy atom. The normalized spacial score (nSPS) is 11.3. The third kappa shape index (κ3) is 4.88. The van der Waals surface area contributed by atoms with Gasteiger partial charge in [-0.2, -0.15) is 0 Å². The fourth-order valence-electron chi connectivity index (χ4n) is 3.82. The monoisotopic (exact) mass is 444 g/mol. The number of anilines is 1. The summed E-state index contributed by atoms with van der Waals surface area (Å²) >= 11 is 0. The van der Waals surface area contributed by atoms with Gasteiger partial charge in [0.25, 0.3) is 5.56 Å². The third-order valence-electron chi connectivity index (χ3n) is 5.64. The molecule has 0 atom stereocenters. The molecular formula is C26H28N4O3. The smallest absolute Gasteiger partial charge is 0.277 e. The number of carbonyl (C=O) groups excluding carboxylic acids is 1. The van der Waals surface area contributed by atoms with E-state index < -0.39 is 0 Å². The van der Waals surface area contributed by atoms with Crippen molar-refractivity contribution < 1.29 is 9.53 Å². The number of hydrogen-bond acceptors (Lipinski definition) is 4. The van der Waals surface area contributed by atoms with E-state index in [1.54, 1.807) is 11.7 Å². The molecule has 0 unspecified atom stereocenters. The van der Waals surface area contributed by atoms with E-state index >= 15 is 0 Å². The summed E-state index contributed by atoms with van der Waals surface area (Å²) in [5, 5.41) is 2.93. The highest BCUT2D eigenvalue weighted by Crippen LogP contribution is 2.27. The summed E-state index contributed by atoms with van der Waals surface area (Å²) in [6.45, 7) is 5.04. The van der Waals surface area contributed by atoms with Gasteiger partial charge in [0.05, 0.1) is 19.5 Å². The number of amides is 1. The van der Waals surface area contributed by atoms with Gasteiger partial charge in [-0.05, 0) is 29.2 Å². The van der Waals surface area contributed by atoms with Gasteiger partial charge in [0, 0.05) is 24.6 Å². The molecule has 4 aromatic rings. The van der Waals surface area contributed by atoms with E-state index in [1.807, 2.05) is 60.8 Å². The Balaban J connectivity index is 1.69. The Bertz CT molecular complexity index is 1310. The van der Waals surface area contributed by atoms with E-state index in [1.165, 1.54) is 16.5 Å². The molecule has 0 aliphatic heterocycles. The summed E-state index contributed by atoms with van der Waals surface area (Å²) in [5.41, 5.74) is 4.46. The number of rotatable bonds is 8. The lowest BCUT2D eigenvalue weighted by Gasteiger charge is -2.10. The first-order chi connectivity index (χ1) is 16.0. The summed E-state index contributed by atoms with van der Waals surface area (Å²) in [6, 6.07) is 17.6. The van der Waals surface area contributed by atoms with Crippen LogP contribution < -0.4 is 10.9 Å². The Hall–Kier alpha value is -3.71. The number of fused-ring (bicyclic) bond motifs is 1. The van der Waals surface area contributed by atoms with Crippen LogP contribution in [-0.2, 0) is 22.6 Å². The van der Waals surface area contributed by atoms with E-state index in [2.05, 4.69) is 24.1 Å². The molecule has 2 aromatic carbocycles. The summed E-state index contributed by atoms with van der Waals surface area (Å²) in [4.78, 5) is 30.7. The van der Waals surface area contributed by atoms with E-state index in [0.29, 0.717) is 30.1 Å². The van der Waals surface area contributed by atoms with Gasteiger partial charge < -0.3 is 14.6 Å². The van der Waals surface area contributed by atoms with Crippen molar-refractivity contribution in [1.29, 1.82) is 0 Å². The minimum Gasteiger partial charge on any atom is -0.383 e. The molecule has 1 amide bonds. The van der Waals surface area contributed by atoms with Crippen LogP contribution in [0.15, 0.2) is 71.9 Å². The van der Waals surface area contributed by atoms with Gasteiger partial charge in [-0.25, -0.2) is 4.98 Å². The zero-order valence-corrected chi connectivity index (χ0v) is 19.1. The lowest BCUT2D eigenvalue weighted by Crippen LogP contribution is -2.26. The molecule has 170 valence electrons. The van der Waals surface area contributed by atoms with Gasteiger partial charge >= 0.3 is 0 Å². The van der Waals surface area contributed by atoms with Crippen molar-refractivity contribution >= 4 is 22.6 Å². The summed E-state index contributed by atoms with van der Waals surface area (Å²) in [5.74, 6) is 0.209. The van der Waals surface area contributed by atoms with Crippen molar-refractivity contribution in [3.8, 4) is 11.1 Å². The van der Waals surface area contributed by atoms with E-state index in [-0.39, 0.29) is 18.0 Å². The van der Waals surface area contributed by atoms with Crippen LogP contribution in [0.4, 0.5) is 5.69 Å². The van der Waals surface area contributed by atoms with Gasteiger partial charge in [0.2, 0.25) is 5.91 Å². The highest BCUT2D eigenvalue weighted by Gasteiger charge is 2.18. The van der Waals surface area contributed by atoms with Gasteiger partial charge in [0.15, 0.2) is 0 Å². The van der Waals surface area contributed by atoms with Crippen molar-refractivity contribution in [3.63, 3.8) is 0 Å². The molecule has 0 aliphatic carbocycles. The fourth-order valence-corrected chi connectivity index (χ4v) is 3.82. The van der Waals surface area contributed by atoms with Crippen molar-refractivity contribution in [2.75, 3.05) is 19.0 Å². The van der Waals surface area contributed by atoms with Crippen LogP contribution in [0.3, 0.4) is 0 Å². The lowest BCUT2D eigenvalue weighted by molar-refractivity contribution is -0.116. The first-order valence-electron chi connectivity index (χ1n) is 11.0. The molecule has 0 saturated carbocycles. The van der Waals surface area contributed by atoms with Crippen molar-refractivity contribution in [1.82, 2.24) is 14.1 Å². The third-order valence-corrected chi connectivity index (χ3v) is 5.64. The highest BCUT2D eigenvalue weighted by molar-refractivity contribution is 5.95. The van der Waals surface area contributed by atoms with Gasteiger partial charge in [0.1, 0.15) is 17.6 Å². The highest BCUT2D eigenvalue weighted by atomic mass is 16.5. The second-order valence-corrected chi connectivity index (χ2v) is 8.29. The molecule has 1 N–H and O–H groups in total. The largest absolute Gasteiger partial charge is 0.383 e. The number of benzene rings is 2. The predicted octanol–water partition coefficient (Wildman–Crippen LogP) is 4.27. The van der Waals surface area contributed by atoms with Crippen LogP contribution in [0.25, 0.3) is 22.2 Å². The first-order valence-corrected chi connectivity index (χ1v) is 11.0. The number of aromatic nitrogens is 3. The number of nitrogens with one attached hydrogen (secondary N) is 1. The number of ether oxygens (including phenoxy) is 1. The molecule has 0 bridgehead atoms. The second kappa shape index (κ2) is 9.83. The van der Waals surface area contributed by atoms with Crippen LogP contribution >= 0.6 is 0 Å². The van der Waals surface area contributed by atoms with Crippen molar-refractivity contribution in [3.05, 3.63) is 83.0 Å². The summed E-state index contributed by atoms with van der Waals surface area (Å²) < 4.78 is 8.32. The topological polar surface area (TPSA) is 78.2 Å². The maximum absolute atomic E-state index is 13.3. The molecular weight excluding hydrogens is 416 g/mol. The Kier molecular flexibility index (Phi) is 6.70. The van der Waals surface area contributed by atoms with Crippen molar-refractivity contribution in [2.24, 2.45) is 0 Å². The second-order valence-electron chi connectivity index (χ2n) is 8.29. The molecule has 7 heteroatoms. The maximum atomic E-state index is 13.3. The van der Waals surface area contributed by atoms with Gasteiger partial charge in [-0.15, -0.1) is 0 Å². The molecule has 4 rings (SSSR count). The Labute approximate surface area is 192 Å². The van der Waals surface area contributed by atoms with Crippen molar-refractivity contribution in [2.45, 2.75) is 32.9 Å². The maximum Gasteiger partial charge on any atom is 0.277 e. The molecule has 2 aromatic heterocycles. The zero-order chi connectivity index (χ0) is 23.4.